The van der Waals surface area contributed by atoms with Crippen LogP contribution in [-0.4, -0.2) is 46.3 Å². The van der Waals surface area contributed by atoms with Crippen LogP contribution in [0.3, 0.4) is 0 Å². The number of hydrogen-bond acceptors (Lipinski definition) is 5. The van der Waals surface area contributed by atoms with Crippen LogP contribution in [0.4, 0.5) is 0 Å². The van der Waals surface area contributed by atoms with Gasteiger partial charge >= 0.3 is 0 Å². The van der Waals surface area contributed by atoms with Crippen LogP contribution in [0.5, 0.6) is 0 Å². The number of sulfonamides is 1. The molecule has 2 aromatic heterocycles. The first-order chi connectivity index (χ1) is 19.9. The molecule has 9 heteroatoms. The van der Waals surface area contributed by atoms with Gasteiger partial charge in [-0.1, -0.05) is 43.0 Å². The predicted octanol–water partition coefficient (Wildman–Crippen LogP) is 5.74. The number of benzene rings is 2. The summed E-state index contributed by atoms with van der Waals surface area (Å²) < 4.78 is 30.6. The predicted molar refractivity (Wildman–Crippen MR) is 159 cm³/mol. The third kappa shape index (κ3) is 5.78. The Morgan fingerprint density at radius 2 is 1.73 bits per heavy atom. The van der Waals surface area contributed by atoms with E-state index in [-0.39, 0.29) is 11.8 Å². The molecule has 4 aromatic rings. The SMILES string of the molecule is Cc1ccc(S(=O)(=O)N2CCC(c3nc4cc(C(=O)NCc5cccnc5)ccc4n3C3CCCCC3)CC2)cc1. The zero-order valence-corrected chi connectivity index (χ0v) is 24.3. The summed E-state index contributed by atoms with van der Waals surface area (Å²) in [4.78, 5) is 22.6. The zero-order valence-electron chi connectivity index (χ0n) is 23.5. The van der Waals surface area contributed by atoms with Gasteiger partial charge in [0.2, 0.25) is 10.0 Å². The number of nitrogens with one attached hydrogen (secondary N) is 1. The summed E-state index contributed by atoms with van der Waals surface area (Å²) >= 11 is 0. The number of hydrogen-bond donors (Lipinski definition) is 1. The van der Waals surface area contributed by atoms with E-state index >= 15 is 0 Å². The third-order valence-electron chi connectivity index (χ3n) is 8.57. The fraction of sp³-hybridized carbons (Fsp3) is 0.406. The molecule has 1 saturated heterocycles. The summed E-state index contributed by atoms with van der Waals surface area (Å²) in [5.74, 6) is 1.06. The number of piperidine rings is 1. The number of pyridine rings is 1. The van der Waals surface area contributed by atoms with E-state index in [2.05, 4.69) is 14.9 Å². The van der Waals surface area contributed by atoms with Crippen molar-refractivity contribution in [3.05, 3.63) is 89.5 Å². The number of carbonyl (C=O) groups excluding carboxylic acids is 1. The maximum absolute atomic E-state index is 13.3. The minimum Gasteiger partial charge on any atom is -0.348 e. The number of aryl methyl sites for hydroxylation is 1. The highest BCUT2D eigenvalue weighted by atomic mass is 32.2. The summed E-state index contributed by atoms with van der Waals surface area (Å²) in [5.41, 5.74) is 4.46. The molecule has 214 valence electrons. The van der Waals surface area contributed by atoms with Crippen molar-refractivity contribution in [3.8, 4) is 0 Å². The molecule has 6 rings (SSSR count). The zero-order chi connectivity index (χ0) is 28.4. The number of carbonyl (C=O) groups is 1. The molecule has 0 radical (unpaired) electrons. The van der Waals surface area contributed by atoms with Gasteiger partial charge in [-0.2, -0.15) is 4.31 Å². The largest absolute Gasteiger partial charge is 0.348 e. The lowest BCUT2D eigenvalue weighted by atomic mass is 9.93. The van der Waals surface area contributed by atoms with Crippen LogP contribution >= 0.6 is 0 Å². The molecule has 1 saturated carbocycles. The van der Waals surface area contributed by atoms with E-state index in [1.165, 1.54) is 19.3 Å². The van der Waals surface area contributed by atoms with Crippen molar-refractivity contribution in [2.24, 2.45) is 0 Å². The molecular formula is C32H37N5O3S. The van der Waals surface area contributed by atoms with Gasteiger partial charge < -0.3 is 9.88 Å². The number of amides is 1. The highest BCUT2D eigenvalue weighted by Gasteiger charge is 2.33. The minimum atomic E-state index is -3.52. The molecule has 0 atom stereocenters. The fourth-order valence-electron chi connectivity index (χ4n) is 6.27. The molecule has 1 N–H and O–H groups in total. The van der Waals surface area contributed by atoms with Crippen molar-refractivity contribution in [1.82, 2.24) is 24.2 Å². The van der Waals surface area contributed by atoms with Crippen LogP contribution in [0.25, 0.3) is 11.0 Å². The Kier molecular flexibility index (Phi) is 7.90. The van der Waals surface area contributed by atoms with E-state index < -0.39 is 10.0 Å². The van der Waals surface area contributed by atoms with Gasteiger partial charge in [0, 0.05) is 49.6 Å². The third-order valence-corrected chi connectivity index (χ3v) is 10.5. The summed E-state index contributed by atoms with van der Waals surface area (Å²) in [6.45, 7) is 3.31. The van der Waals surface area contributed by atoms with Crippen LogP contribution in [0, 0.1) is 6.92 Å². The Labute approximate surface area is 241 Å². The molecule has 1 amide bonds. The second-order valence-corrected chi connectivity index (χ2v) is 13.3. The summed E-state index contributed by atoms with van der Waals surface area (Å²) in [5, 5.41) is 2.99. The summed E-state index contributed by atoms with van der Waals surface area (Å²) in [7, 11) is -3.52. The van der Waals surface area contributed by atoms with Gasteiger partial charge in [-0.05, 0) is 74.6 Å². The number of rotatable bonds is 7. The molecule has 0 unspecified atom stereocenters. The van der Waals surface area contributed by atoms with E-state index in [1.54, 1.807) is 28.8 Å². The lowest BCUT2D eigenvalue weighted by molar-refractivity contribution is 0.0951. The van der Waals surface area contributed by atoms with Gasteiger partial charge in [-0.25, -0.2) is 13.4 Å². The molecule has 41 heavy (non-hydrogen) atoms. The number of aromatic nitrogens is 3. The highest BCUT2D eigenvalue weighted by molar-refractivity contribution is 7.89. The quantitative estimate of drug-likeness (QED) is 0.305. The molecule has 0 spiro atoms. The van der Waals surface area contributed by atoms with Crippen molar-refractivity contribution in [1.29, 1.82) is 0 Å². The highest BCUT2D eigenvalue weighted by Crippen LogP contribution is 2.38. The molecule has 2 aromatic carbocycles. The summed E-state index contributed by atoms with van der Waals surface area (Å²) in [6, 6.07) is 17.1. The minimum absolute atomic E-state index is 0.140. The smallest absolute Gasteiger partial charge is 0.251 e. The Hall–Kier alpha value is -3.56. The second kappa shape index (κ2) is 11.7. The van der Waals surface area contributed by atoms with Crippen LogP contribution < -0.4 is 5.32 Å². The van der Waals surface area contributed by atoms with Gasteiger partial charge in [-0.3, -0.25) is 9.78 Å². The van der Waals surface area contributed by atoms with Crippen molar-refractivity contribution >= 4 is 27.0 Å². The van der Waals surface area contributed by atoms with Crippen molar-refractivity contribution in [2.75, 3.05) is 13.1 Å². The first kappa shape index (κ1) is 27.6. The number of imidazole rings is 1. The van der Waals surface area contributed by atoms with Gasteiger partial charge in [0.25, 0.3) is 5.91 Å². The van der Waals surface area contributed by atoms with Crippen molar-refractivity contribution < 1.29 is 13.2 Å². The Morgan fingerprint density at radius 3 is 2.44 bits per heavy atom. The average molecular weight is 572 g/mol. The van der Waals surface area contributed by atoms with E-state index in [9.17, 15) is 13.2 Å². The molecule has 1 aliphatic heterocycles. The Bertz CT molecular complexity index is 1620. The fourth-order valence-corrected chi connectivity index (χ4v) is 7.74. The molecule has 2 fully saturated rings. The first-order valence-electron chi connectivity index (χ1n) is 14.7. The van der Waals surface area contributed by atoms with E-state index in [4.69, 9.17) is 4.98 Å². The molecule has 2 aliphatic rings. The van der Waals surface area contributed by atoms with Crippen LogP contribution in [0.1, 0.15) is 84.2 Å². The van der Waals surface area contributed by atoms with Crippen LogP contribution in [-0.2, 0) is 16.6 Å². The van der Waals surface area contributed by atoms with E-state index in [0.717, 1.165) is 53.7 Å². The van der Waals surface area contributed by atoms with Gasteiger partial charge in [0.15, 0.2) is 0 Å². The average Bonchev–Trinajstić information content (AvgIpc) is 3.40. The molecule has 8 nitrogen and oxygen atoms in total. The lowest BCUT2D eigenvalue weighted by Crippen LogP contribution is -2.38. The van der Waals surface area contributed by atoms with Crippen LogP contribution in [0.2, 0.25) is 0 Å². The van der Waals surface area contributed by atoms with Gasteiger partial charge in [0.05, 0.1) is 15.9 Å². The van der Waals surface area contributed by atoms with E-state index in [1.807, 2.05) is 49.4 Å². The number of nitrogens with zero attached hydrogens (tertiary/aromatic N) is 4. The monoisotopic (exact) mass is 571 g/mol. The van der Waals surface area contributed by atoms with Gasteiger partial charge in [-0.15, -0.1) is 0 Å². The maximum atomic E-state index is 13.3. The molecule has 1 aliphatic carbocycles. The molecule has 3 heterocycles. The summed E-state index contributed by atoms with van der Waals surface area (Å²) in [6.07, 6.45) is 10.8. The second-order valence-electron chi connectivity index (χ2n) is 11.4. The first-order valence-corrected chi connectivity index (χ1v) is 16.1. The standard InChI is InChI=1S/C32H37N5O3S/c1-23-9-12-28(13-10-23)41(39,40)36-18-15-25(16-19-36)31-35-29-20-26(32(38)34-22-24-6-5-17-33-21-24)11-14-30(29)37(31)27-7-3-2-4-8-27/h5-6,9-14,17,20-21,25,27H,2-4,7-8,15-16,18-19,22H2,1H3,(H,34,38). The topological polar surface area (TPSA) is 97.2 Å². The molecule has 0 bridgehead atoms. The van der Waals surface area contributed by atoms with Crippen LogP contribution in [0.15, 0.2) is 71.9 Å². The van der Waals surface area contributed by atoms with Gasteiger partial charge in [0.1, 0.15) is 5.82 Å². The number of fused-ring (bicyclic) bond motifs is 1. The Balaban J connectivity index is 1.24. The van der Waals surface area contributed by atoms with Crippen molar-refractivity contribution in [2.45, 2.75) is 75.3 Å². The Morgan fingerprint density at radius 1 is 0.976 bits per heavy atom. The molecular weight excluding hydrogens is 534 g/mol. The maximum Gasteiger partial charge on any atom is 0.251 e. The van der Waals surface area contributed by atoms with Crippen molar-refractivity contribution in [3.63, 3.8) is 0 Å². The lowest BCUT2D eigenvalue weighted by Gasteiger charge is -2.33. The normalized spacial score (nSPS) is 17.6. The van der Waals surface area contributed by atoms with E-state index in [0.29, 0.717) is 36.1 Å².